The van der Waals surface area contributed by atoms with E-state index in [1.165, 1.54) is 29.2 Å². The van der Waals surface area contributed by atoms with Gasteiger partial charge >= 0.3 is 0 Å². The van der Waals surface area contributed by atoms with Crippen molar-refractivity contribution in [3.63, 3.8) is 0 Å². The van der Waals surface area contributed by atoms with E-state index in [0.29, 0.717) is 4.47 Å². The van der Waals surface area contributed by atoms with Crippen molar-refractivity contribution in [1.29, 1.82) is 0 Å². The standard InChI is InChI=1S/C10H10BrN3O3S/c1-14-6-8(5-12-14)18(16,17)13-9-4-7(11)2-3-10(9)15/h2-6,13,15H,1H3. The number of hydrogen-bond donors (Lipinski definition) is 2. The Bertz CT molecular complexity index is 681. The fraction of sp³-hybridized carbons (Fsp3) is 0.100. The first-order chi connectivity index (χ1) is 8.38. The molecule has 0 saturated carbocycles. The largest absolute Gasteiger partial charge is 0.506 e. The molecule has 0 spiro atoms. The van der Waals surface area contributed by atoms with Crippen molar-refractivity contribution in [1.82, 2.24) is 9.78 Å². The molecular formula is C10H10BrN3O3S. The second-order valence-electron chi connectivity index (χ2n) is 3.62. The lowest BCUT2D eigenvalue weighted by Gasteiger charge is -2.08. The fourth-order valence-electron chi connectivity index (χ4n) is 1.33. The van der Waals surface area contributed by atoms with Crippen LogP contribution in [0.1, 0.15) is 0 Å². The number of aromatic nitrogens is 2. The van der Waals surface area contributed by atoms with Gasteiger partial charge in [0, 0.05) is 17.7 Å². The van der Waals surface area contributed by atoms with Gasteiger partial charge in [-0.1, -0.05) is 15.9 Å². The van der Waals surface area contributed by atoms with E-state index in [1.807, 2.05) is 0 Å². The van der Waals surface area contributed by atoms with E-state index in [0.717, 1.165) is 0 Å². The number of rotatable bonds is 3. The summed E-state index contributed by atoms with van der Waals surface area (Å²) in [6.07, 6.45) is 2.61. The van der Waals surface area contributed by atoms with Crippen molar-refractivity contribution >= 4 is 31.6 Å². The lowest BCUT2D eigenvalue weighted by Crippen LogP contribution is -2.12. The van der Waals surface area contributed by atoms with Crippen LogP contribution in [0.2, 0.25) is 0 Å². The van der Waals surface area contributed by atoms with Gasteiger partial charge in [0.1, 0.15) is 10.6 Å². The molecule has 0 bridgehead atoms. The Morgan fingerprint density at radius 2 is 2.17 bits per heavy atom. The Hall–Kier alpha value is -1.54. The van der Waals surface area contributed by atoms with Crippen LogP contribution in [0, 0.1) is 0 Å². The predicted octanol–water partition coefficient (Wildman–Crippen LogP) is 1.69. The molecular weight excluding hydrogens is 322 g/mol. The van der Waals surface area contributed by atoms with E-state index in [-0.39, 0.29) is 16.3 Å². The van der Waals surface area contributed by atoms with Crippen LogP contribution in [0.4, 0.5) is 5.69 Å². The molecule has 96 valence electrons. The highest BCUT2D eigenvalue weighted by atomic mass is 79.9. The quantitative estimate of drug-likeness (QED) is 0.838. The zero-order chi connectivity index (χ0) is 13.3. The zero-order valence-electron chi connectivity index (χ0n) is 9.33. The Morgan fingerprint density at radius 3 is 2.78 bits per heavy atom. The van der Waals surface area contributed by atoms with E-state index in [1.54, 1.807) is 13.1 Å². The summed E-state index contributed by atoms with van der Waals surface area (Å²) in [5.74, 6) is -0.148. The molecule has 0 radical (unpaired) electrons. The van der Waals surface area contributed by atoms with Crippen molar-refractivity contribution in [3.8, 4) is 5.75 Å². The second-order valence-corrected chi connectivity index (χ2v) is 6.21. The number of aryl methyl sites for hydroxylation is 1. The number of aromatic hydroxyl groups is 1. The van der Waals surface area contributed by atoms with Crippen LogP contribution in [0.15, 0.2) is 40.0 Å². The Balaban J connectivity index is 2.36. The molecule has 2 rings (SSSR count). The van der Waals surface area contributed by atoms with Crippen LogP contribution in [-0.2, 0) is 17.1 Å². The minimum absolute atomic E-state index is 0.0318. The number of nitrogens with one attached hydrogen (secondary N) is 1. The molecule has 1 heterocycles. The van der Waals surface area contributed by atoms with Gasteiger partial charge in [0.25, 0.3) is 10.0 Å². The van der Waals surface area contributed by atoms with Gasteiger partial charge in [-0.2, -0.15) is 5.10 Å². The average Bonchev–Trinajstić information content (AvgIpc) is 2.71. The molecule has 0 aliphatic rings. The first-order valence-electron chi connectivity index (χ1n) is 4.88. The van der Waals surface area contributed by atoms with Crippen molar-refractivity contribution in [3.05, 3.63) is 35.1 Å². The van der Waals surface area contributed by atoms with Gasteiger partial charge in [-0.05, 0) is 18.2 Å². The lowest BCUT2D eigenvalue weighted by atomic mass is 10.3. The third-order valence-electron chi connectivity index (χ3n) is 2.19. The lowest BCUT2D eigenvalue weighted by molar-refractivity contribution is 0.477. The molecule has 1 aromatic carbocycles. The summed E-state index contributed by atoms with van der Waals surface area (Å²) in [4.78, 5) is 0.0318. The number of nitrogens with zero attached hydrogens (tertiary/aromatic N) is 2. The molecule has 0 aliphatic carbocycles. The number of benzene rings is 1. The number of hydrogen-bond acceptors (Lipinski definition) is 4. The maximum atomic E-state index is 12.0. The molecule has 2 aromatic rings. The van der Waals surface area contributed by atoms with Crippen molar-refractivity contribution in [2.45, 2.75) is 4.90 Å². The predicted molar refractivity (Wildman–Crippen MR) is 69.8 cm³/mol. The molecule has 8 heteroatoms. The van der Waals surface area contributed by atoms with E-state index in [9.17, 15) is 13.5 Å². The van der Waals surface area contributed by atoms with Gasteiger partial charge in [-0.3, -0.25) is 9.40 Å². The SMILES string of the molecule is Cn1cc(S(=O)(=O)Nc2cc(Br)ccc2O)cn1. The molecule has 0 aliphatic heterocycles. The van der Waals surface area contributed by atoms with Crippen molar-refractivity contribution in [2.24, 2.45) is 7.05 Å². The summed E-state index contributed by atoms with van der Waals surface area (Å²) >= 11 is 3.20. The van der Waals surface area contributed by atoms with Crippen molar-refractivity contribution in [2.75, 3.05) is 4.72 Å². The first-order valence-corrected chi connectivity index (χ1v) is 7.16. The second kappa shape index (κ2) is 4.62. The highest BCUT2D eigenvalue weighted by Gasteiger charge is 2.17. The highest BCUT2D eigenvalue weighted by Crippen LogP contribution is 2.28. The minimum Gasteiger partial charge on any atom is -0.506 e. The van der Waals surface area contributed by atoms with Crippen LogP contribution in [0.5, 0.6) is 5.75 Å². The molecule has 0 amide bonds. The van der Waals surface area contributed by atoms with Crippen LogP contribution in [0.3, 0.4) is 0 Å². The molecule has 0 saturated heterocycles. The van der Waals surface area contributed by atoms with Gasteiger partial charge in [-0.25, -0.2) is 8.42 Å². The molecule has 2 N–H and O–H groups in total. The van der Waals surface area contributed by atoms with Crippen LogP contribution in [-0.4, -0.2) is 23.3 Å². The molecule has 0 fully saturated rings. The molecule has 6 nitrogen and oxygen atoms in total. The van der Waals surface area contributed by atoms with Gasteiger partial charge < -0.3 is 5.11 Å². The maximum Gasteiger partial charge on any atom is 0.265 e. The average molecular weight is 332 g/mol. The van der Waals surface area contributed by atoms with Crippen molar-refractivity contribution < 1.29 is 13.5 Å². The van der Waals surface area contributed by atoms with Crippen LogP contribution >= 0.6 is 15.9 Å². The van der Waals surface area contributed by atoms with E-state index in [2.05, 4.69) is 25.8 Å². The van der Waals surface area contributed by atoms with Gasteiger partial charge in [0.05, 0.1) is 11.9 Å². The number of halogens is 1. The van der Waals surface area contributed by atoms with Crippen LogP contribution in [0.25, 0.3) is 0 Å². The summed E-state index contributed by atoms with van der Waals surface area (Å²) in [6.45, 7) is 0. The Morgan fingerprint density at radius 1 is 1.44 bits per heavy atom. The highest BCUT2D eigenvalue weighted by molar-refractivity contribution is 9.10. The summed E-state index contributed by atoms with van der Waals surface area (Å²) in [5, 5.41) is 13.4. The third kappa shape index (κ3) is 2.65. The zero-order valence-corrected chi connectivity index (χ0v) is 11.7. The third-order valence-corrected chi connectivity index (χ3v) is 4.01. The van der Waals surface area contributed by atoms with Gasteiger partial charge in [-0.15, -0.1) is 0 Å². The minimum atomic E-state index is -3.75. The van der Waals surface area contributed by atoms with E-state index >= 15 is 0 Å². The number of sulfonamides is 1. The topological polar surface area (TPSA) is 84.2 Å². The molecule has 1 aromatic heterocycles. The Kier molecular flexibility index (Phi) is 3.31. The normalized spacial score (nSPS) is 11.4. The summed E-state index contributed by atoms with van der Waals surface area (Å²) < 4.78 is 28.3. The monoisotopic (exact) mass is 331 g/mol. The Labute approximate surface area is 112 Å². The summed E-state index contributed by atoms with van der Waals surface area (Å²) in [5.41, 5.74) is 0.105. The summed E-state index contributed by atoms with van der Waals surface area (Å²) in [6, 6.07) is 4.48. The number of phenolic OH excluding ortho intramolecular Hbond substituents is 1. The number of phenols is 1. The first kappa shape index (κ1) is 12.9. The van der Waals surface area contributed by atoms with Crippen LogP contribution < -0.4 is 4.72 Å². The number of anilines is 1. The molecule has 18 heavy (non-hydrogen) atoms. The smallest absolute Gasteiger partial charge is 0.265 e. The molecule has 0 atom stereocenters. The summed E-state index contributed by atoms with van der Waals surface area (Å²) in [7, 11) is -2.13. The van der Waals surface area contributed by atoms with E-state index < -0.39 is 10.0 Å². The van der Waals surface area contributed by atoms with E-state index in [4.69, 9.17) is 0 Å². The van der Waals surface area contributed by atoms with Gasteiger partial charge in [0.2, 0.25) is 0 Å². The maximum absolute atomic E-state index is 12.0. The fourth-order valence-corrected chi connectivity index (χ4v) is 2.74. The molecule has 0 unspecified atom stereocenters. The van der Waals surface area contributed by atoms with Gasteiger partial charge in [0.15, 0.2) is 0 Å².